The molecular formula is C41H44O11. The normalized spacial score (nSPS) is 10.4. The van der Waals surface area contributed by atoms with Gasteiger partial charge in [-0.1, -0.05) is 38.8 Å². The van der Waals surface area contributed by atoms with Crippen LogP contribution in [-0.2, 0) is 25.4 Å². The third kappa shape index (κ3) is 12.3. The van der Waals surface area contributed by atoms with Gasteiger partial charge in [0.15, 0.2) is 11.5 Å². The molecule has 11 nitrogen and oxygen atoms in total. The van der Waals surface area contributed by atoms with Crippen LogP contribution in [-0.4, -0.2) is 45.5 Å². The number of fused-ring (bicyclic) bond motifs is 1. The van der Waals surface area contributed by atoms with Gasteiger partial charge in [-0.2, -0.15) is 0 Å². The van der Waals surface area contributed by atoms with E-state index in [2.05, 4.69) is 19.7 Å². The minimum absolute atomic E-state index is 0.0426. The molecule has 0 aliphatic carbocycles. The Labute approximate surface area is 303 Å². The lowest BCUT2D eigenvalue weighted by Gasteiger charge is -2.15. The second-order valence-corrected chi connectivity index (χ2v) is 11.1. The number of carbonyl (C=O) groups is 2. The number of benzene rings is 4. The second kappa shape index (κ2) is 21.2. The van der Waals surface area contributed by atoms with Gasteiger partial charge in [-0.05, 0) is 103 Å². The van der Waals surface area contributed by atoms with Gasteiger partial charge in [0.2, 0.25) is 20.4 Å². The van der Waals surface area contributed by atoms with Crippen LogP contribution in [0.1, 0.15) is 48.5 Å². The van der Waals surface area contributed by atoms with E-state index in [0.29, 0.717) is 53.9 Å². The van der Waals surface area contributed by atoms with Crippen molar-refractivity contribution in [2.24, 2.45) is 0 Å². The summed E-state index contributed by atoms with van der Waals surface area (Å²) in [6.07, 6.45) is 7.94. The molecule has 11 heteroatoms. The lowest BCUT2D eigenvalue weighted by Crippen LogP contribution is -2.10. The van der Waals surface area contributed by atoms with Crippen LogP contribution >= 0.6 is 0 Å². The number of rotatable bonds is 24. The maximum atomic E-state index is 13.2. The lowest BCUT2D eigenvalue weighted by molar-refractivity contribution is -0.137. The van der Waals surface area contributed by atoms with Crippen molar-refractivity contribution in [2.75, 3.05) is 33.6 Å². The molecule has 0 saturated heterocycles. The number of aryl methyl sites for hydroxylation is 1. The summed E-state index contributed by atoms with van der Waals surface area (Å²) in [6.45, 7) is 13.1. The fraction of sp³-hybridized carbons (Fsp3) is 0.268. The molecule has 274 valence electrons. The highest BCUT2D eigenvalue weighted by Crippen LogP contribution is 2.32. The van der Waals surface area contributed by atoms with Crippen molar-refractivity contribution in [3.63, 3.8) is 0 Å². The zero-order valence-corrected chi connectivity index (χ0v) is 29.3. The monoisotopic (exact) mass is 712 g/mol. The fourth-order valence-corrected chi connectivity index (χ4v) is 4.87. The molecule has 0 unspecified atom stereocenters. The average molecular weight is 713 g/mol. The molecule has 0 amide bonds. The van der Waals surface area contributed by atoms with Crippen LogP contribution in [0.15, 0.2) is 111 Å². The molecule has 0 N–H and O–H groups in total. The first-order chi connectivity index (χ1) is 25.4. The Morgan fingerprint density at radius 3 is 1.92 bits per heavy atom. The number of ether oxygens (including phenoxy) is 9. The quantitative estimate of drug-likeness (QED) is 0.0173. The number of unbranched alkanes of at least 4 members (excludes halogenated alkanes) is 3. The van der Waals surface area contributed by atoms with Crippen molar-refractivity contribution in [3.8, 4) is 34.5 Å². The van der Waals surface area contributed by atoms with Gasteiger partial charge in [0.05, 0.1) is 31.3 Å². The zero-order chi connectivity index (χ0) is 37.0. The van der Waals surface area contributed by atoms with E-state index in [-0.39, 0.29) is 20.4 Å². The molecule has 0 atom stereocenters. The Morgan fingerprint density at radius 2 is 1.21 bits per heavy atom. The van der Waals surface area contributed by atoms with Crippen molar-refractivity contribution in [3.05, 3.63) is 122 Å². The topological polar surface area (TPSA) is 117 Å². The zero-order valence-electron chi connectivity index (χ0n) is 29.3. The van der Waals surface area contributed by atoms with E-state index in [1.807, 2.05) is 37.3 Å². The van der Waals surface area contributed by atoms with Crippen LogP contribution in [0.4, 0.5) is 0 Å². The summed E-state index contributed by atoms with van der Waals surface area (Å²) in [5.41, 5.74) is 1.23. The van der Waals surface area contributed by atoms with Crippen LogP contribution in [0.5, 0.6) is 34.5 Å². The van der Waals surface area contributed by atoms with Crippen LogP contribution in [0.2, 0.25) is 0 Å². The van der Waals surface area contributed by atoms with Gasteiger partial charge in [0.25, 0.3) is 0 Å². The molecule has 4 aromatic rings. The Hall–Kier alpha value is -6.10. The minimum Gasteiger partial charge on any atom is -0.494 e. The van der Waals surface area contributed by atoms with E-state index >= 15 is 0 Å². The van der Waals surface area contributed by atoms with Crippen molar-refractivity contribution in [1.29, 1.82) is 0 Å². The van der Waals surface area contributed by atoms with E-state index < -0.39 is 11.9 Å². The molecular weight excluding hydrogens is 668 g/mol. The lowest BCUT2D eigenvalue weighted by atomic mass is 10.1. The molecule has 0 radical (unpaired) electrons. The standard InChI is InChI=1S/C41H44O11/c1-5-30-24-35(48-29-49-36-18-20-38(50-27-44-7-3)39(26-36)51-28-45-8-4)17-19-37(30)52-41(43)33-14-13-32-25-34(16-15-31(32)23-33)46-21-11-9-10-12-22-47-40(42)6-2/h6-8,13-20,23-26H,2-5,9-12,21-22,27-29H2,1H3. The van der Waals surface area contributed by atoms with Gasteiger partial charge >= 0.3 is 11.9 Å². The summed E-state index contributed by atoms with van der Waals surface area (Å²) < 4.78 is 49.6. The molecule has 0 aliphatic heterocycles. The molecule has 0 heterocycles. The van der Waals surface area contributed by atoms with Crippen LogP contribution in [0.3, 0.4) is 0 Å². The highest BCUT2D eigenvalue weighted by Gasteiger charge is 2.14. The van der Waals surface area contributed by atoms with Crippen molar-refractivity contribution in [1.82, 2.24) is 0 Å². The first-order valence-electron chi connectivity index (χ1n) is 16.8. The molecule has 52 heavy (non-hydrogen) atoms. The van der Waals surface area contributed by atoms with Crippen molar-refractivity contribution in [2.45, 2.75) is 39.0 Å². The number of esters is 2. The van der Waals surface area contributed by atoms with E-state index in [1.165, 1.54) is 18.6 Å². The van der Waals surface area contributed by atoms with Crippen LogP contribution in [0, 0.1) is 0 Å². The van der Waals surface area contributed by atoms with Gasteiger partial charge in [0.1, 0.15) is 23.0 Å². The van der Waals surface area contributed by atoms with E-state index in [4.69, 9.17) is 42.6 Å². The first-order valence-corrected chi connectivity index (χ1v) is 16.8. The van der Waals surface area contributed by atoms with Gasteiger partial charge in [-0.25, -0.2) is 9.59 Å². The third-order valence-corrected chi connectivity index (χ3v) is 7.55. The highest BCUT2D eigenvalue weighted by atomic mass is 16.7. The van der Waals surface area contributed by atoms with E-state index in [9.17, 15) is 9.59 Å². The molecule has 4 aromatic carbocycles. The largest absolute Gasteiger partial charge is 0.494 e. The summed E-state index contributed by atoms with van der Waals surface area (Å²) in [4.78, 5) is 24.2. The smallest absolute Gasteiger partial charge is 0.343 e. The Morgan fingerprint density at radius 1 is 0.596 bits per heavy atom. The molecule has 0 fully saturated rings. The number of hydrogen-bond acceptors (Lipinski definition) is 11. The Bertz CT molecular complexity index is 1800. The fourth-order valence-electron chi connectivity index (χ4n) is 4.87. The SMILES string of the molecule is C=COCOc1ccc(OCOc2ccc(OC(=O)c3ccc4cc(OCCCCCCOC(=O)C=C)ccc4c3)c(CC)c2)cc1OCOC=C. The summed E-state index contributed by atoms with van der Waals surface area (Å²) >= 11 is 0. The van der Waals surface area contributed by atoms with Gasteiger partial charge in [-0.3, -0.25) is 0 Å². The predicted molar refractivity (Wildman–Crippen MR) is 196 cm³/mol. The van der Waals surface area contributed by atoms with Gasteiger partial charge < -0.3 is 42.6 Å². The third-order valence-electron chi connectivity index (χ3n) is 7.55. The molecule has 0 bridgehead atoms. The maximum Gasteiger partial charge on any atom is 0.343 e. The van der Waals surface area contributed by atoms with Crippen LogP contribution < -0.4 is 28.4 Å². The first kappa shape index (κ1) is 38.7. The predicted octanol–water partition coefficient (Wildman–Crippen LogP) is 8.70. The molecule has 4 rings (SSSR count). The van der Waals surface area contributed by atoms with Gasteiger partial charge in [-0.15, -0.1) is 0 Å². The minimum atomic E-state index is -0.465. The summed E-state index contributed by atoms with van der Waals surface area (Å²) in [5, 5.41) is 1.84. The maximum absolute atomic E-state index is 13.2. The second-order valence-electron chi connectivity index (χ2n) is 11.1. The van der Waals surface area contributed by atoms with Gasteiger partial charge in [0, 0.05) is 12.1 Å². The average Bonchev–Trinajstić information content (AvgIpc) is 3.16. The summed E-state index contributed by atoms with van der Waals surface area (Å²) in [7, 11) is 0. The summed E-state index contributed by atoms with van der Waals surface area (Å²) in [5.74, 6) is 2.16. The van der Waals surface area contributed by atoms with Crippen LogP contribution in [0.25, 0.3) is 10.8 Å². The highest BCUT2D eigenvalue weighted by molar-refractivity contribution is 5.96. The Kier molecular flexibility index (Phi) is 15.8. The van der Waals surface area contributed by atoms with E-state index in [1.54, 1.807) is 42.5 Å². The molecule has 0 spiro atoms. The molecule has 0 aliphatic rings. The van der Waals surface area contributed by atoms with E-state index in [0.717, 1.165) is 47.8 Å². The Balaban J connectivity index is 1.27. The summed E-state index contributed by atoms with van der Waals surface area (Å²) in [6, 6.07) is 21.4. The number of hydrogen-bond donors (Lipinski definition) is 0. The van der Waals surface area contributed by atoms with Crippen molar-refractivity contribution >= 4 is 22.7 Å². The number of carbonyl (C=O) groups excluding carboxylic acids is 2. The molecule has 0 saturated carbocycles. The van der Waals surface area contributed by atoms with Crippen molar-refractivity contribution < 1.29 is 52.2 Å². The molecule has 0 aromatic heterocycles.